The summed E-state index contributed by atoms with van der Waals surface area (Å²) in [7, 11) is 1.56. The molecule has 106 valence electrons. The maximum atomic E-state index is 5.94. The van der Waals surface area contributed by atoms with E-state index in [1.165, 1.54) is 0 Å². The van der Waals surface area contributed by atoms with Crippen molar-refractivity contribution < 1.29 is 9.26 Å². The van der Waals surface area contributed by atoms with E-state index in [0.717, 1.165) is 5.56 Å². The number of benzene rings is 2. The van der Waals surface area contributed by atoms with Gasteiger partial charge in [0.25, 0.3) is 5.89 Å². The van der Waals surface area contributed by atoms with Gasteiger partial charge in [0, 0.05) is 16.3 Å². The number of nitrogens with two attached hydrogens (primary N) is 1. The third kappa shape index (κ3) is 2.68. The van der Waals surface area contributed by atoms with Gasteiger partial charge in [-0.15, -0.1) is 0 Å². The molecule has 3 rings (SSSR count). The van der Waals surface area contributed by atoms with Gasteiger partial charge < -0.3 is 15.0 Å². The van der Waals surface area contributed by atoms with Gasteiger partial charge in [-0.25, -0.2) is 0 Å². The van der Waals surface area contributed by atoms with E-state index in [0.29, 0.717) is 33.7 Å². The first kappa shape index (κ1) is 13.5. The fourth-order valence-electron chi connectivity index (χ4n) is 1.97. The van der Waals surface area contributed by atoms with Crippen molar-refractivity contribution in [3.05, 3.63) is 47.5 Å². The number of halogens is 1. The van der Waals surface area contributed by atoms with Crippen LogP contribution in [-0.2, 0) is 0 Å². The monoisotopic (exact) mass is 301 g/mol. The number of aromatic nitrogens is 2. The van der Waals surface area contributed by atoms with Crippen molar-refractivity contribution >= 4 is 17.3 Å². The van der Waals surface area contributed by atoms with E-state index in [1.807, 2.05) is 12.1 Å². The minimum absolute atomic E-state index is 0.362. The molecule has 0 atom stereocenters. The minimum atomic E-state index is 0.362. The van der Waals surface area contributed by atoms with Crippen molar-refractivity contribution in [3.8, 4) is 28.6 Å². The Morgan fingerprint density at radius 1 is 1.19 bits per heavy atom. The summed E-state index contributed by atoms with van der Waals surface area (Å²) in [5, 5.41) is 4.55. The van der Waals surface area contributed by atoms with Crippen LogP contribution in [0.4, 0.5) is 5.69 Å². The SMILES string of the molecule is COc1cc(Cl)ccc1-c1nc(-c2cccc(N)c2)no1. The van der Waals surface area contributed by atoms with Gasteiger partial charge >= 0.3 is 0 Å². The lowest BCUT2D eigenvalue weighted by atomic mass is 10.2. The van der Waals surface area contributed by atoms with Crippen molar-refractivity contribution in [2.24, 2.45) is 0 Å². The fraction of sp³-hybridized carbons (Fsp3) is 0.0667. The molecular weight excluding hydrogens is 290 g/mol. The van der Waals surface area contributed by atoms with E-state index in [1.54, 1.807) is 37.4 Å². The predicted molar refractivity (Wildman–Crippen MR) is 81.1 cm³/mol. The zero-order chi connectivity index (χ0) is 14.8. The van der Waals surface area contributed by atoms with Crippen molar-refractivity contribution in [2.75, 3.05) is 12.8 Å². The van der Waals surface area contributed by atoms with Crippen LogP contribution < -0.4 is 10.5 Å². The van der Waals surface area contributed by atoms with Gasteiger partial charge in [-0.3, -0.25) is 0 Å². The molecule has 0 aliphatic rings. The first-order valence-electron chi connectivity index (χ1n) is 6.21. The third-order valence-electron chi connectivity index (χ3n) is 2.96. The highest BCUT2D eigenvalue weighted by molar-refractivity contribution is 6.30. The topological polar surface area (TPSA) is 74.2 Å². The van der Waals surface area contributed by atoms with Crippen LogP contribution in [0.5, 0.6) is 5.75 Å². The molecule has 0 bridgehead atoms. The van der Waals surface area contributed by atoms with Crippen LogP contribution >= 0.6 is 11.6 Å². The Morgan fingerprint density at radius 3 is 2.81 bits per heavy atom. The highest BCUT2D eigenvalue weighted by Gasteiger charge is 2.15. The van der Waals surface area contributed by atoms with Crippen LogP contribution in [0.1, 0.15) is 0 Å². The molecule has 0 unspecified atom stereocenters. The maximum Gasteiger partial charge on any atom is 0.262 e. The van der Waals surface area contributed by atoms with Crippen LogP contribution in [0.15, 0.2) is 47.0 Å². The highest BCUT2D eigenvalue weighted by Crippen LogP contribution is 2.32. The Labute approximate surface area is 126 Å². The minimum Gasteiger partial charge on any atom is -0.496 e. The molecule has 5 nitrogen and oxygen atoms in total. The van der Waals surface area contributed by atoms with E-state index in [9.17, 15) is 0 Å². The average molecular weight is 302 g/mol. The summed E-state index contributed by atoms with van der Waals surface area (Å²) >= 11 is 5.94. The summed E-state index contributed by atoms with van der Waals surface area (Å²) in [6, 6.07) is 12.5. The van der Waals surface area contributed by atoms with E-state index >= 15 is 0 Å². The van der Waals surface area contributed by atoms with Gasteiger partial charge in [0.05, 0.1) is 12.7 Å². The Kier molecular flexibility index (Phi) is 3.50. The zero-order valence-corrected chi connectivity index (χ0v) is 12.0. The van der Waals surface area contributed by atoms with Gasteiger partial charge in [0.2, 0.25) is 5.82 Å². The largest absolute Gasteiger partial charge is 0.496 e. The van der Waals surface area contributed by atoms with Gasteiger partial charge in [0.1, 0.15) is 5.75 Å². The lowest BCUT2D eigenvalue weighted by Gasteiger charge is -2.04. The first-order valence-corrected chi connectivity index (χ1v) is 6.58. The second-order valence-electron chi connectivity index (χ2n) is 4.39. The summed E-state index contributed by atoms with van der Waals surface area (Å²) in [6.45, 7) is 0. The Balaban J connectivity index is 2.02. The Morgan fingerprint density at radius 2 is 2.05 bits per heavy atom. The van der Waals surface area contributed by atoms with Crippen LogP contribution in [0.2, 0.25) is 5.02 Å². The molecule has 0 saturated carbocycles. The van der Waals surface area contributed by atoms with E-state index in [2.05, 4.69) is 10.1 Å². The molecule has 0 amide bonds. The Bertz CT molecular complexity index is 786. The van der Waals surface area contributed by atoms with Crippen molar-refractivity contribution in [2.45, 2.75) is 0 Å². The quantitative estimate of drug-likeness (QED) is 0.747. The number of rotatable bonds is 3. The molecular formula is C15H12ClN3O2. The molecule has 0 saturated heterocycles. The van der Waals surface area contributed by atoms with Crippen molar-refractivity contribution in [1.29, 1.82) is 0 Å². The number of methoxy groups -OCH3 is 1. The zero-order valence-electron chi connectivity index (χ0n) is 11.2. The molecule has 2 aromatic carbocycles. The van der Waals surface area contributed by atoms with Crippen LogP contribution in [0.3, 0.4) is 0 Å². The average Bonchev–Trinajstić information content (AvgIpc) is 2.96. The smallest absolute Gasteiger partial charge is 0.262 e. The first-order chi connectivity index (χ1) is 10.2. The number of ether oxygens (including phenoxy) is 1. The molecule has 21 heavy (non-hydrogen) atoms. The van der Waals surface area contributed by atoms with Crippen LogP contribution in [0, 0.1) is 0 Å². The fourth-order valence-corrected chi connectivity index (χ4v) is 2.13. The van der Waals surface area contributed by atoms with Gasteiger partial charge in [-0.2, -0.15) is 4.98 Å². The molecule has 2 N–H and O–H groups in total. The van der Waals surface area contributed by atoms with Crippen LogP contribution in [-0.4, -0.2) is 17.3 Å². The molecule has 6 heteroatoms. The maximum absolute atomic E-state index is 5.94. The predicted octanol–water partition coefficient (Wildman–Crippen LogP) is 3.65. The number of anilines is 1. The molecule has 1 aromatic heterocycles. The summed E-state index contributed by atoms with van der Waals surface area (Å²) in [6.07, 6.45) is 0. The van der Waals surface area contributed by atoms with E-state index in [4.69, 9.17) is 26.6 Å². The second-order valence-corrected chi connectivity index (χ2v) is 4.83. The number of nitrogens with zero attached hydrogens (tertiary/aromatic N) is 2. The van der Waals surface area contributed by atoms with Crippen LogP contribution in [0.25, 0.3) is 22.8 Å². The summed E-state index contributed by atoms with van der Waals surface area (Å²) in [4.78, 5) is 4.37. The summed E-state index contributed by atoms with van der Waals surface area (Å²) in [5.41, 5.74) is 7.87. The van der Waals surface area contributed by atoms with Gasteiger partial charge in [-0.05, 0) is 30.3 Å². The number of nitrogen functional groups attached to an aromatic ring is 1. The lowest BCUT2D eigenvalue weighted by Crippen LogP contribution is -1.89. The Hall–Kier alpha value is -2.53. The molecule has 1 heterocycles. The second kappa shape index (κ2) is 5.46. The standard InChI is InChI=1S/C15H12ClN3O2/c1-20-13-8-10(16)5-6-12(13)15-18-14(19-21-15)9-3-2-4-11(17)7-9/h2-8H,17H2,1H3. The van der Waals surface area contributed by atoms with Crippen molar-refractivity contribution in [1.82, 2.24) is 10.1 Å². The number of hydrogen-bond acceptors (Lipinski definition) is 5. The molecule has 0 radical (unpaired) electrons. The summed E-state index contributed by atoms with van der Waals surface area (Å²) in [5.74, 6) is 1.40. The molecule has 0 aliphatic carbocycles. The van der Waals surface area contributed by atoms with Gasteiger partial charge in [-0.1, -0.05) is 28.9 Å². The number of hydrogen-bond donors (Lipinski definition) is 1. The third-order valence-corrected chi connectivity index (χ3v) is 3.20. The normalized spacial score (nSPS) is 10.6. The lowest BCUT2D eigenvalue weighted by molar-refractivity contribution is 0.405. The van der Waals surface area contributed by atoms with Crippen molar-refractivity contribution in [3.63, 3.8) is 0 Å². The van der Waals surface area contributed by atoms with E-state index < -0.39 is 0 Å². The van der Waals surface area contributed by atoms with E-state index in [-0.39, 0.29) is 0 Å². The molecule has 0 aliphatic heterocycles. The molecule has 3 aromatic rings. The van der Waals surface area contributed by atoms with Gasteiger partial charge in [0.15, 0.2) is 0 Å². The molecule has 0 spiro atoms. The summed E-state index contributed by atoms with van der Waals surface area (Å²) < 4.78 is 10.6. The molecule has 0 fully saturated rings. The highest BCUT2D eigenvalue weighted by atomic mass is 35.5.